The van der Waals surface area contributed by atoms with Crippen molar-refractivity contribution in [1.82, 2.24) is 9.80 Å². The lowest BCUT2D eigenvalue weighted by molar-refractivity contribution is 0.0367. The lowest BCUT2D eigenvalue weighted by Crippen LogP contribution is -2.54. The molecule has 3 heteroatoms. The molecule has 0 atom stereocenters. The van der Waals surface area contributed by atoms with E-state index in [0.29, 0.717) is 18.2 Å². The molecule has 0 aromatic carbocycles. The maximum absolute atomic E-state index is 4.24. The number of likely N-dealkylation sites (N-methyl/N-ethyl adjacent to an activating group) is 2. The van der Waals surface area contributed by atoms with Crippen molar-refractivity contribution in [3.63, 3.8) is 0 Å². The highest BCUT2D eigenvalue weighted by Crippen LogP contribution is 2.17. The fourth-order valence-electron chi connectivity index (χ4n) is 2.40. The standard InChI is InChI=1S/C13H30N2Si/c1-8-14(10(3)4)13(12(7)16)15(9-2)11(5)6/h10-11,13H,7-9H2,1-6,16H3. The Bertz CT molecular complexity index is 198. The molecular weight excluding hydrogens is 212 g/mol. The summed E-state index contributed by atoms with van der Waals surface area (Å²) in [5.74, 6) is 0. The van der Waals surface area contributed by atoms with Gasteiger partial charge in [-0.1, -0.05) is 19.0 Å². The van der Waals surface area contributed by atoms with E-state index < -0.39 is 0 Å². The van der Waals surface area contributed by atoms with Gasteiger partial charge < -0.3 is 0 Å². The van der Waals surface area contributed by atoms with E-state index in [4.69, 9.17) is 0 Å². The van der Waals surface area contributed by atoms with Crippen molar-refractivity contribution >= 4 is 10.2 Å². The molecule has 0 radical (unpaired) electrons. The van der Waals surface area contributed by atoms with Gasteiger partial charge in [-0.2, -0.15) is 0 Å². The highest BCUT2D eigenvalue weighted by Gasteiger charge is 2.27. The van der Waals surface area contributed by atoms with E-state index in [1.165, 1.54) is 5.20 Å². The number of hydrogen-bond donors (Lipinski definition) is 0. The minimum Gasteiger partial charge on any atom is -0.283 e. The van der Waals surface area contributed by atoms with E-state index in [2.05, 4.69) is 57.9 Å². The third-order valence-corrected chi connectivity index (χ3v) is 3.64. The molecule has 16 heavy (non-hydrogen) atoms. The van der Waals surface area contributed by atoms with E-state index in [9.17, 15) is 0 Å². The van der Waals surface area contributed by atoms with Crippen LogP contribution in [-0.4, -0.2) is 51.4 Å². The lowest BCUT2D eigenvalue weighted by Gasteiger charge is -2.43. The second-order valence-electron chi connectivity index (χ2n) is 5.07. The highest BCUT2D eigenvalue weighted by molar-refractivity contribution is 6.21. The first-order chi connectivity index (χ1) is 7.36. The Morgan fingerprint density at radius 3 is 1.44 bits per heavy atom. The first-order valence-corrected chi connectivity index (χ1v) is 7.53. The molecule has 0 aromatic rings. The van der Waals surface area contributed by atoms with Crippen molar-refractivity contribution in [2.24, 2.45) is 0 Å². The largest absolute Gasteiger partial charge is 0.283 e. The van der Waals surface area contributed by atoms with E-state index in [1.807, 2.05) is 0 Å². The molecule has 0 aliphatic rings. The van der Waals surface area contributed by atoms with E-state index >= 15 is 0 Å². The van der Waals surface area contributed by atoms with Crippen LogP contribution in [-0.2, 0) is 0 Å². The third kappa shape index (κ3) is 4.04. The Morgan fingerprint density at radius 2 is 1.31 bits per heavy atom. The van der Waals surface area contributed by atoms with Crippen LogP contribution in [0.2, 0.25) is 0 Å². The van der Waals surface area contributed by atoms with Crippen LogP contribution in [0.1, 0.15) is 41.5 Å². The molecule has 0 N–H and O–H groups in total. The zero-order valence-corrected chi connectivity index (χ0v) is 14.2. The first-order valence-electron chi connectivity index (χ1n) is 6.53. The minimum atomic E-state index is 0.432. The maximum atomic E-state index is 4.24. The van der Waals surface area contributed by atoms with Gasteiger partial charge in [0.25, 0.3) is 0 Å². The van der Waals surface area contributed by atoms with Crippen molar-refractivity contribution in [2.45, 2.75) is 59.8 Å². The fourth-order valence-corrected chi connectivity index (χ4v) is 3.06. The molecule has 0 heterocycles. The summed E-state index contributed by atoms with van der Waals surface area (Å²) < 4.78 is 0. The van der Waals surface area contributed by atoms with Crippen LogP contribution in [0.4, 0.5) is 0 Å². The van der Waals surface area contributed by atoms with Gasteiger partial charge >= 0.3 is 0 Å². The molecule has 0 amide bonds. The Morgan fingerprint density at radius 1 is 1.00 bits per heavy atom. The van der Waals surface area contributed by atoms with Gasteiger partial charge in [-0.3, -0.25) is 9.80 Å². The molecule has 0 fully saturated rings. The van der Waals surface area contributed by atoms with Crippen LogP contribution in [0.25, 0.3) is 0 Å². The van der Waals surface area contributed by atoms with Gasteiger partial charge in [0, 0.05) is 22.3 Å². The molecule has 96 valence electrons. The van der Waals surface area contributed by atoms with Gasteiger partial charge in [0.1, 0.15) is 0 Å². The maximum Gasteiger partial charge on any atom is 0.0800 e. The monoisotopic (exact) mass is 242 g/mol. The predicted octanol–water partition coefficient (Wildman–Crippen LogP) is 1.65. The van der Waals surface area contributed by atoms with Gasteiger partial charge in [-0.25, -0.2) is 0 Å². The van der Waals surface area contributed by atoms with Crippen LogP contribution in [0.5, 0.6) is 0 Å². The topological polar surface area (TPSA) is 6.48 Å². The van der Waals surface area contributed by atoms with E-state index in [0.717, 1.165) is 23.3 Å². The molecule has 0 spiro atoms. The third-order valence-electron chi connectivity index (χ3n) is 3.13. The molecule has 0 rings (SSSR count). The fraction of sp³-hybridized carbons (Fsp3) is 0.846. The summed E-state index contributed by atoms with van der Waals surface area (Å²) in [6, 6.07) is 1.15. The molecule has 0 aliphatic heterocycles. The van der Waals surface area contributed by atoms with Crippen LogP contribution >= 0.6 is 0 Å². The van der Waals surface area contributed by atoms with Crippen molar-refractivity contribution in [2.75, 3.05) is 13.1 Å². The van der Waals surface area contributed by atoms with Gasteiger partial charge in [-0.15, -0.1) is 6.58 Å². The molecule has 0 saturated carbocycles. The second kappa shape index (κ2) is 7.25. The van der Waals surface area contributed by atoms with Crippen LogP contribution < -0.4 is 0 Å². The van der Waals surface area contributed by atoms with Crippen molar-refractivity contribution in [1.29, 1.82) is 0 Å². The quantitative estimate of drug-likeness (QED) is 0.495. The molecule has 0 aliphatic carbocycles. The average molecular weight is 242 g/mol. The Labute approximate surface area is 105 Å². The smallest absolute Gasteiger partial charge is 0.0800 e. The molecule has 0 aromatic heterocycles. The SMILES string of the molecule is C=C([SiH3])C(N(CC)C(C)C)N(CC)C(C)C. The summed E-state index contributed by atoms with van der Waals surface area (Å²) in [6.45, 7) is 20.0. The van der Waals surface area contributed by atoms with Crippen LogP contribution in [0.3, 0.4) is 0 Å². The molecule has 0 unspecified atom stereocenters. The van der Waals surface area contributed by atoms with Crippen molar-refractivity contribution < 1.29 is 0 Å². The van der Waals surface area contributed by atoms with Crippen molar-refractivity contribution in [3.8, 4) is 0 Å². The van der Waals surface area contributed by atoms with Gasteiger partial charge in [0.05, 0.1) is 6.17 Å². The zero-order chi connectivity index (χ0) is 12.9. The number of nitrogens with zero attached hydrogens (tertiary/aromatic N) is 2. The Hall–Kier alpha value is -0.123. The normalized spacial score (nSPS) is 12.7. The average Bonchev–Trinajstić information content (AvgIpc) is 2.16. The van der Waals surface area contributed by atoms with Gasteiger partial charge in [-0.05, 0) is 40.8 Å². The van der Waals surface area contributed by atoms with Gasteiger partial charge in [0.2, 0.25) is 0 Å². The predicted molar refractivity (Wildman–Crippen MR) is 77.9 cm³/mol. The van der Waals surface area contributed by atoms with E-state index in [-0.39, 0.29) is 0 Å². The molecule has 0 bridgehead atoms. The summed E-state index contributed by atoms with van der Waals surface area (Å²) >= 11 is 0. The first kappa shape index (κ1) is 15.9. The summed E-state index contributed by atoms with van der Waals surface area (Å²) in [4.78, 5) is 5.08. The summed E-state index contributed by atoms with van der Waals surface area (Å²) in [6.07, 6.45) is 0.432. The Kier molecular flexibility index (Phi) is 7.20. The molecule has 0 saturated heterocycles. The summed E-state index contributed by atoms with van der Waals surface area (Å²) in [7, 11) is 1.07. The van der Waals surface area contributed by atoms with Gasteiger partial charge in [0.15, 0.2) is 0 Å². The van der Waals surface area contributed by atoms with Crippen molar-refractivity contribution in [3.05, 3.63) is 11.8 Å². The molecular formula is C13H30N2Si. The zero-order valence-electron chi connectivity index (χ0n) is 12.2. The minimum absolute atomic E-state index is 0.432. The van der Waals surface area contributed by atoms with Crippen LogP contribution in [0, 0.1) is 0 Å². The second-order valence-corrected chi connectivity index (χ2v) is 6.35. The Balaban J connectivity index is 5.03. The van der Waals surface area contributed by atoms with E-state index in [1.54, 1.807) is 0 Å². The molecule has 2 nitrogen and oxygen atoms in total. The lowest BCUT2D eigenvalue weighted by atomic mass is 10.2. The number of hydrogen-bond acceptors (Lipinski definition) is 2. The summed E-state index contributed by atoms with van der Waals surface area (Å²) in [5.41, 5.74) is 0. The number of rotatable bonds is 7. The van der Waals surface area contributed by atoms with Crippen LogP contribution in [0.15, 0.2) is 11.8 Å². The highest BCUT2D eigenvalue weighted by atomic mass is 28.1. The summed E-state index contributed by atoms with van der Waals surface area (Å²) in [5, 5.41) is 1.38.